The van der Waals surface area contributed by atoms with E-state index in [0.29, 0.717) is 12.1 Å². The molecule has 1 atom stereocenters. The molecule has 0 radical (unpaired) electrons. The van der Waals surface area contributed by atoms with Gasteiger partial charge in [-0.2, -0.15) is 0 Å². The van der Waals surface area contributed by atoms with Gasteiger partial charge < -0.3 is 14.9 Å². The van der Waals surface area contributed by atoms with Gasteiger partial charge in [-0.1, -0.05) is 48.5 Å². The average Bonchev–Trinajstić information content (AvgIpc) is 2.78. The lowest BCUT2D eigenvalue weighted by Crippen LogP contribution is -2.49. The molecule has 1 fully saturated rings. The molecule has 5 heteroatoms. The fourth-order valence-corrected chi connectivity index (χ4v) is 4.54. The maximum absolute atomic E-state index is 13.1. The summed E-state index contributed by atoms with van der Waals surface area (Å²) in [5.41, 5.74) is 2.78. The van der Waals surface area contributed by atoms with Crippen molar-refractivity contribution in [1.29, 1.82) is 0 Å². The van der Waals surface area contributed by atoms with E-state index in [9.17, 15) is 9.90 Å². The van der Waals surface area contributed by atoms with Crippen LogP contribution in [0.5, 0.6) is 0 Å². The summed E-state index contributed by atoms with van der Waals surface area (Å²) >= 11 is 0. The Labute approximate surface area is 170 Å². The normalized spacial score (nSPS) is 19.8. The Morgan fingerprint density at radius 2 is 1.55 bits per heavy atom. The van der Waals surface area contributed by atoms with Gasteiger partial charge in [0.1, 0.15) is 0 Å². The van der Waals surface area contributed by atoms with E-state index in [0.717, 1.165) is 49.1 Å². The summed E-state index contributed by atoms with van der Waals surface area (Å²) < 4.78 is 0. The van der Waals surface area contributed by atoms with E-state index in [2.05, 4.69) is 34.1 Å². The molecule has 0 saturated carbocycles. The monoisotopic (exact) mass is 387 g/mol. The molecule has 29 heavy (non-hydrogen) atoms. The Balaban J connectivity index is 1.26. The van der Waals surface area contributed by atoms with Crippen molar-refractivity contribution in [2.75, 3.05) is 44.2 Å². The second-order valence-electron chi connectivity index (χ2n) is 7.79. The minimum Gasteiger partial charge on any atom is -0.369 e. The van der Waals surface area contributed by atoms with Crippen LogP contribution in [0.1, 0.15) is 22.1 Å². The summed E-state index contributed by atoms with van der Waals surface area (Å²) in [5, 5.41) is 12.8. The fourth-order valence-electron chi connectivity index (χ4n) is 4.54. The molecular weight excluding hydrogens is 362 g/mol. The van der Waals surface area contributed by atoms with Crippen molar-refractivity contribution in [3.8, 4) is 0 Å². The minimum absolute atomic E-state index is 0.0790. The Kier molecular flexibility index (Phi) is 4.70. The number of hydrogen-bond donors (Lipinski definition) is 1. The molecule has 0 aromatic heterocycles. The zero-order valence-corrected chi connectivity index (χ0v) is 16.4. The number of piperazine rings is 1. The standard InChI is InChI=1S/C24H25N3O2/c28-23-20-10-4-6-18-7-5-11-21(22(18)20)24(29)27(23)17-14-25-12-15-26(16-13-25)19-8-2-1-3-9-19/h1-11,23,28H,12-17H2. The van der Waals surface area contributed by atoms with Gasteiger partial charge in [0.25, 0.3) is 5.91 Å². The highest BCUT2D eigenvalue weighted by Gasteiger charge is 2.32. The number of carbonyl (C=O) groups is 1. The third kappa shape index (κ3) is 3.26. The quantitative estimate of drug-likeness (QED) is 0.747. The van der Waals surface area contributed by atoms with Gasteiger partial charge >= 0.3 is 0 Å². The number of nitrogens with zero attached hydrogens (tertiary/aromatic N) is 3. The largest absolute Gasteiger partial charge is 0.369 e. The van der Waals surface area contributed by atoms with Crippen LogP contribution in [0.15, 0.2) is 66.7 Å². The van der Waals surface area contributed by atoms with E-state index >= 15 is 0 Å². The molecule has 3 aromatic rings. The van der Waals surface area contributed by atoms with E-state index in [4.69, 9.17) is 0 Å². The first kappa shape index (κ1) is 18.2. The van der Waals surface area contributed by atoms with Gasteiger partial charge in [-0.25, -0.2) is 0 Å². The third-order valence-electron chi connectivity index (χ3n) is 6.15. The van der Waals surface area contributed by atoms with Gasteiger partial charge in [-0.3, -0.25) is 9.69 Å². The van der Waals surface area contributed by atoms with Crippen molar-refractivity contribution < 1.29 is 9.90 Å². The lowest BCUT2D eigenvalue weighted by atomic mass is 9.93. The molecule has 2 aliphatic rings. The second-order valence-corrected chi connectivity index (χ2v) is 7.79. The second kappa shape index (κ2) is 7.50. The van der Waals surface area contributed by atoms with Crippen LogP contribution in [0.4, 0.5) is 5.69 Å². The maximum atomic E-state index is 13.1. The summed E-state index contributed by atoms with van der Waals surface area (Å²) in [4.78, 5) is 19.4. The predicted octanol–water partition coefficient (Wildman–Crippen LogP) is 3.11. The van der Waals surface area contributed by atoms with Crippen molar-refractivity contribution in [3.05, 3.63) is 77.9 Å². The molecule has 5 nitrogen and oxygen atoms in total. The molecule has 1 amide bonds. The van der Waals surface area contributed by atoms with Crippen LogP contribution in [0.25, 0.3) is 10.8 Å². The van der Waals surface area contributed by atoms with Crippen LogP contribution in [-0.4, -0.2) is 60.1 Å². The first-order valence-corrected chi connectivity index (χ1v) is 10.3. The van der Waals surface area contributed by atoms with Crippen LogP contribution in [0.2, 0.25) is 0 Å². The molecule has 1 N–H and O–H groups in total. The molecule has 5 rings (SSSR count). The summed E-state index contributed by atoms with van der Waals surface area (Å²) in [6.45, 7) is 5.16. The number of aliphatic hydroxyl groups is 1. The summed E-state index contributed by atoms with van der Waals surface area (Å²) in [7, 11) is 0. The van der Waals surface area contributed by atoms with Crippen LogP contribution in [-0.2, 0) is 0 Å². The first-order chi connectivity index (χ1) is 14.2. The highest BCUT2D eigenvalue weighted by molar-refractivity contribution is 6.10. The average molecular weight is 387 g/mol. The lowest BCUT2D eigenvalue weighted by molar-refractivity contribution is 0.000973. The molecular formula is C24H25N3O2. The number of rotatable bonds is 4. The van der Waals surface area contributed by atoms with E-state index in [-0.39, 0.29) is 5.91 Å². The number of benzene rings is 3. The molecule has 0 aliphatic carbocycles. The molecule has 1 saturated heterocycles. The van der Waals surface area contributed by atoms with Crippen LogP contribution in [0.3, 0.4) is 0 Å². The molecule has 0 spiro atoms. The zero-order valence-electron chi connectivity index (χ0n) is 16.4. The van der Waals surface area contributed by atoms with Crippen LogP contribution < -0.4 is 4.90 Å². The first-order valence-electron chi connectivity index (χ1n) is 10.3. The molecule has 148 valence electrons. The minimum atomic E-state index is -0.883. The molecule has 1 unspecified atom stereocenters. The lowest BCUT2D eigenvalue weighted by Gasteiger charge is -2.38. The van der Waals surface area contributed by atoms with Gasteiger partial charge in [-0.05, 0) is 23.6 Å². The van der Waals surface area contributed by atoms with Gasteiger partial charge in [0, 0.05) is 61.5 Å². The van der Waals surface area contributed by atoms with Crippen molar-refractivity contribution in [3.63, 3.8) is 0 Å². The van der Waals surface area contributed by atoms with Gasteiger partial charge in [0.15, 0.2) is 6.23 Å². The van der Waals surface area contributed by atoms with Gasteiger partial charge in [0.05, 0.1) is 0 Å². The van der Waals surface area contributed by atoms with E-state index in [1.807, 2.05) is 42.5 Å². The SMILES string of the molecule is O=C1c2cccc3cccc(c23)C(O)N1CCN1CCN(c2ccccc2)CC1. The highest BCUT2D eigenvalue weighted by Crippen LogP contribution is 2.35. The molecule has 0 bridgehead atoms. The van der Waals surface area contributed by atoms with E-state index in [1.54, 1.807) is 4.90 Å². The van der Waals surface area contributed by atoms with Crippen molar-refractivity contribution in [2.24, 2.45) is 0 Å². The number of aliphatic hydroxyl groups excluding tert-OH is 1. The number of amides is 1. The predicted molar refractivity (Wildman–Crippen MR) is 115 cm³/mol. The number of anilines is 1. The van der Waals surface area contributed by atoms with Gasteiger partial charge in [0.2, 0.25) is 0 Å². The number of para-hydroxylation sites is 1. The topological polar surface area (TPSA) is 47.0 Å². The van der Waals surface area contributed by atoms with Gasteiger partial charge in [-0.15, -0.1) is 0 Å². The van der Waals surface area contributed by atoms with Crippen LogP contribution in [0, 0.1) is 0 Å². The van der Waals surface area contributed by atoms with Crippen LogP contribution >= 0.6 is 0 Å². The van der Waals surface area contributed by atoms with E-state index < -0.39 is 6.23 Å². The van der Waals surface area contributed by atoms with Crippen molar-refractivity contribution >= 4 is 22.4 Å². The summed E-state index contributed by atoms with van der Waals surface area (Å²) in [6.07, 6.45) is -0.883. The van der Waals surface area contributed by atoms with Crippen molar-refractivity contribution in [1.82, 2.24) is 9.80 Å². The smallest absolute Gasteiger partial charge is 0.256 e. The maximum Gasteiger partial charge on any atom is 0.256 e. The zero-order chi connectivity index (χ0) is 19.8. The Hall–Kier alpha value is -2.89. The fraction of sp³-hybridized carbons (Fsp3) is 0.292. The summed E-state index contributed by atoms with van der Waals surface area (Å²) in [6, 6.07) is 22.1. The molecule has 3 aromatic carbocycles. The summed E-state index contributed by atoms with van der Waals surface area (Å²) in [5.74, 6) is -0.0790. The molecule has 2 aliphatic heterocycles. The van der Waals surface area contributed by atoms with Crippen molar-refractivity contribution in [2.45, 2.75) is 6.23 Å². The number of hydrogen-bond acceptors (Lipinski definition) is 4. The van der Waals surface area contributed by atoms with E-state index in [1.165, 1.54) is 5.69 Å². The molecule has 2 heterocycles. The highest BCUT2D eigenvalue weighted by atomic mass is 16.3. The third-order valence-corrected chi connectivity index (χ3v) is 6.15. The Morgan fingerprint density at radius 1 is 0.828 bits per heavy atom. The number of carbonyl (C=O) groups excluding carboxylic acids is 1. The Morgan fingerprint density at radius 3 is 2.31 bits per heavy atom. The Bertz CT molecular complexity index is 1020.